The molecule has 0 radical (unpaired) electrons. The molecule has 5 rings (SSSR count). The van der Waals surface area contributed by atoms with Gasteiger partial charge in [-0.3, -0.25) is 0 Å². The molecule has 2 heteroatoms. The maximum absolute atomic E-state index is 2.43. The number of fused-ring (bicyclic) bond motifs is 3. The number of allylic oxidation sites excluding steroid dienone is 5. The van der Waals surface area contributed by atoms with Gasteiger partial charge in [0.1, 0.15) is 7.05 Å². The average Bonchev–Trinajstić information content (AvgIpc) is 3.44. The van der Waals surface area contributed by atoms with Gasteiger partial charge < -0.3 is 4.90 Å². The van der Waals surface area contributed by atoms with Crippen LogP contribution in [0, 0.1) is 0 Å². The van der Waals surface area contributed by atoms with Gasteiger partial charge >= 0.3 is 0 Å². The summed E-state index contributed by atoms with van der Waals surface area (Å²) in [7, 11) is 2.23. The van der Waals surface area contributed by atoms with Gasteiger partial charge in [0.15, 0.2) is 5.71 Å². The second-order valence-electron chi connectivity index (χ2n) is 9.69. The largest absolute Gasteiger partial charge is 0.372 e. The van der Waals surface area contributed by atoms with Crippen molar-refractivity contribution in [3.05, 3.63) is 102 Å². The molecule has 0 bridgehead atoms. The quantitative estimate of drug-likeness (QED) is 0.337. The summed E-state index contributed by atoms with van der Waals surface area (Å²) in [6.07, 6.45) is 13.5. The summed E-state index contributed by atoms with van der Waals surface area (Å²) in [5.74, 6) is 0. The van der Waals surface area contributed by atoms with Crippen molar-refractivity contribution in [2.75, 3.05) is 25.0 Å². The lowest BCUT2D eigenvalue weighted by Gasteiger charge is -2.24. The molecular formula is C32H35N2+. The van der Waals surface area contributed by atoms with Gasteiger partial charge in [-0.2, -0.15) is 4.58 Å². The highest BCUT2D eigenvalue weighted by Crippen LogP contribution is 2.47. The minimum Gasteiger partial charge on any atom is -0.372 e. The summed E-state index contributed by atoms with van der Waals surface area (Å²) in [5.41, 5.74) is 8.09. The first-order valence-electron chi connectivity index (χ1n) is 12.6. The molecule has 172 valence electrons. The summed E-state index contributed by atoms with van der Waals surface area (Å²) in [6.45, 7) is 8.92. The van der Waals surface area contributed by atoms with Gasteiger partial charge in [0.25, 0.3) is 0 Å². The molecule has 1 unspecified atom stereocenters. The summed E-state index contributed by atoms with van der Waals surface area (Å²) in [4.78, 5) is 2.38. The third-order valence-corrected chi connectivity index (χ3v) is 7.63. The Kier molecular flexibility index (Phi) is 6.00. The van der Waals surface area contributed by atoms with Gasteiger partial charge in [0.05, 0.1) is 5.41 Å². The molecule has 1 heterocycles. The fourth-order valence-electron chi connectivity index (χ4n) is 5.86. The Morgan fingerprint density at radius 1 is 0.941 bits per heavy atom. The Bertz CT molecular complexity index is 1330. The smallest absolute Gasteiger partial charge is 0.210 e. The van der Waals surface area contributed by atoms with E-state index in [4.69, 9.17) is 0 Å². The fourth-order valence-corrected chi connectivity index (χ4v) is 5.86. The molecule has 1 aliphatic carbocycles. The first-order valence-corrected chi connectivity index (χ1v) is 12.6. The van der Waals surface area contributed by atoms with Crippen molar-refractivity contribution in [2.24, 2.45) is 0 Å². The molecule has 34 heavy (non-hydrogen) atoms. The second kappa shape index (κ2) is 9.10. The van der Waals surface area contributed by atoms with E-state index in [2.05, 4.69) is 128 Å². The first kappa shape index (κ1) is 22.4. The Hall–Kier alpha value is -3.39. The third kappa shape index (κ3) is 3.81. The van der Waals surface area contributed by atoms with Crippen LogP contribution in [0.25, 0.3) is 16.8 Å². The van der Waals surface area contributed by atoms with Crippen molar-refractivity contribution >= 4 is 33.9 Å². The van der Waals surface area contributed by atoms with E-state index in [0.29, 0.717) is 0 Å². The molecule has 0 N–H and O–H groups in total. The van der Waals surface area contributed by atoms with Crippen molar-refractivity contribution in [3.63, 3.8) is 0 Å². The lowest BCUT2D eigenvalue weighted by atomic mass is 9.72. The van der Waals surface area contributed by atoms with E-state index in [9.17, 15) is 0 Å². The minimum atomic E-state index is -0.0829. The predicted molar refractivity (Wildman–Crippen MR) is 148 cm³/mol. The van der Waals surface area contributed by atoms with E-state index in [0.717, 1.165) is 25.9 Å². The number of rotatable bonds is 7. The zero-order valence-corrected chi connectivity index (χ0v) is 20.9. The van der Waals surface area contributed by atoms with Crippen LogP contribution in [0.5, 0.6) is 0 Å². The van der Waals surface area contributed by atoms with Crippen molar-refractivity contribution in [2.45, 2.75) is 39.0 Å². The molecule has 2 nitrogen and oxygen atoms in total. The van der Waals surface area contributed by atoms with Crippen molar-refractivity contribution in [1.82, 2.24) is 0 Å². The van der Waals surface area contributed by atoms with Crippen molar-refractivity contribution < 1.29 is 4.58 Å². The molecule has 3 aromatic rings. The van der Waals surface area contributed by atoms with Crippen LogP contribution in [0.2, 0.25) is 0 Å². The van der Waals surface area contributed by atoms with Gasteiger partial charge in [-0.1, -0.05) is 60.2 Å². The molecule has 3 aromatic carbocycles. The van der Waals surface area contributed by atoms with Gasteiger partial charge in [-0.05, 0) is 74.2 Å². The monoisotopic (exact) mass is 447 g/mol. The molecule has 0 amide bonds. The molecule has 0 fully saturated rings. The third-order valence-electron chi connectivity index (χ3n) is 7.63. The van der Waals surface area contributed by atoms with Gasteiger partial charge in [-0.15, -0.1) is 0 Å². The van der Waals surface area contributed by atoms with Crippen molar-refractivity contribution in [3.8, 4) is 0 Å². The normalized spacial score (nSPS) is 19.4. The highest BCUT2D eigenvalue weighted by molar-refractivity contribution is 6.09. The number of hydrogen-bond acceptors (Lipinski definition) is 1. The summed E-state index contributed by atoms with van der Waals surface area (Å²) >= 11 is 0. The lowest BCUT2D eigenvalue weighted by Crippen LogP contribution is -2.31. The first-order chi connectivity index (χ1) is 16.5. The van der Waals surface area contributed by atoms with Crippen LogP contribution in [-0.4, -0.2) is 30.4 Å². The van der Waals surface area contributed by atoms with Gasteiger partial charge in [0, 0.05) is 36.5 Å². The minimum absolute atomic E-state index is 0.0829. The Labute approximate surface area is 204 Å². The maximum atomic E-state index is 2.43. The molecule has 1 aliphatic heterocycles. The summed E-state index contributed by atoms with van der Waals surface area (Å²) in [6, 6.07) is 22.4. The molecule has 2 aliphatic rings. The molecule has 0 saturated heterocycles. The topological polar surface area (TPSA) is 6.25 Å². The van der Waals surface area contributed by atoms with Gasteiger partial charge in [-0.25, -0.2) is 0 Å². The molecule has 1 atom stereocenters. The maximum Gasteiger partial charge on any atom is 0.210 e. The van der Waals surface area contributed by atoms with Crippen LogP contribution in [0.15, 0.2) is 90.5 Å². The molecule has 0 spiro atoms. The number of anilines is 1. The van der Waals surface area contributed by atoms with Crippen LogP contribution < -0.4 is 4.90 Å². The molecule has 0 saturated carbocycles. The lowest BCUT2D eigenvalue weighted by molar-refractivity contribution is -0.401. The number of benzene rings is 3. The Morgan fingerprint density at radius 3 is 2.41 bits per heavy atom. The van der Waals surface area contributed by atoms with E-state index in [1.807, 2.05) is 0 Å². The van der Waals surface area contributed by atoms with E-state index < -0.39 is 0 Å². The Balaban J connectivity index is 1.56. The number of hydrogen-bond donors (Lipinski definition) is 0. The van der Waals surface area contributed by atoms with E-state index >= 15 is 0 Å². The predicted octanol–water partition coefficient (Wildman–Crippen LogP) is 7.66. The van der Waals surface area contributed by atoms with Crippen LogP contribution in [0.3, 0.4) is 0 Å². The Morgan fingerprint density at radius 2 is 1.71 bits per heavy atom. The SMILES string of the molecule is CCN(CC)c1ccc(/C=C/C2=[N+](C)c3ccc4ccccc4c3C2(C)CC2=CC=CC2)cc1. The number of nitrogens with zero attached hydrogens (tertiary/aromatic N) is 2. The molecule has 0 aromatic heterocycles. The van der Waals surface area contributed by atoms with Crippen LogP contribution >= 0.6 is 0 Å². The highest BCUT2D eigenvalue weighted by atomic mass is 15.1. The van der Waals surface area contributed by atoms with E-state index in [1.54, 1.807) is 0 Å². The van der Waals surface area contributed by atoms with Crippen LogP contribution in [-0.2, 0) is 5.41 Å². The van der Waals surface area contributed by atoms with E-state index in [1.165, 1.54) is 44.6 Å². The van der Waals surface area contributed by atoms with Crippen molar-refractivity contribution in [1.29, 1.82) is 0 Å². The zero-order chi connectivity index (χ0) is 23.7. The standard InChI is InChI=1S/C32H35N2/c1-5-34(6-2)27-19-15-24(16-20-27)17-22-30-32(3,23-25-11-7-8-12-25)31-28-14-10-9-13-26(28)18-21-29(31)33(30)4/h7-11,13-22H,5-6,12,23H2,1-4H3/q+1. The highest BCUT2D eigenvalue weighted by Gasteiger charge is 2.48. The second-order valence-corrected chi connectivity index (χ2v) is 9.69. The van der Waals surface area contributed by atoms with E-state index in [-0.39, 0.29) is 5.41 Å². The fraction of sp³-hybridized carbons (Fsp3) is 0.281. The zero-order valence-electron chi connectivity index (χ0n) is 20.9. The van der Waals surface area contributed by atoms with Crippen LogP contribution in [0.1, 0.15) is 44.7 Å². The van der Waals surface area contributed by atoms with Crippen LogP contribution in [0.4, 0.5) is 11.4 Å². The summed E-state index contributed by atoms with van der Waals surface area (Å²) < 4.78 is 2.41. The summed E-state index contributed by atoms with van der Waals surface area (Å²) in [5, 5.41) is 2.68. The van der Waals surface area contributed by atoms with Gasteiger partial charge in [0.2, 0.25) is 5.69 Å². The average molecular weight is 448 g/mol. The molecular weight excluding hydrogens is 412 g/mol.